The number of carboxylic acid groups (broad SMARTS) is 1. The number of aliphatic carboxylic acids is 1. The lowest BCUT2D eigenvalue weighted by atomic mass is 10.2. The van der Waals surface area contributed by atoms with Gasteiger partial charge in [-0.15, -0.1) is 0 Å². The number of hydrogen-bond donors (Lipinski definition) is 1. The number of amides is 2. The summed E-state index contributed by atoms with van der Waals surface area (Å²) in [4.78, 5) is 26.2. The first-order chi connectivity index (χ1) is 8.92. The lowest BCUT2D eigenvalue weighted by Crippen LogP contribution is -2.48. The van der Waals surface area contributed by atoms with Gasteiger partial charge in [-0.05, 0) is 12.3 Å². The van der Waals surface area contributed by atoms with E-state index < -0.39 is 5.97 Å². The Hall–Kier alpha value is -1.30. The first kappa shape index (κ1) is 17.7. The number of hydrogen-bond acceptors (Lipinski definition) is 3. The van der Waals surface area contributed by atoms with E-state index in [1.54, 1.807) is 12.0 Å². The monoisotopic (exact) mass is 274 g/mol. The zero-order chi connectivity index (χ0) is 14.8. The predicted molar refractivity (Wildman–Crippen MR) is 73.2 cm³/mol. The smallest absolute Gasteiger partial charge is 0.323 e. The van der Waals surface area contributed by atoms with Gasteiger partial charge in [-0.3, -0.25) is 4.79 Å². The molecule has 0 aromatic rings. The van der Waals surface area contributed by atoms with Crippen molar-refractivity contribution in [2.75, 3.05) is 39.9 Å². The van der Waals surface area contributed by atoms with E-state index in [9.17, 15) is 9.59 Å². The van der Waals surface area contributed by atoms with Gasteiger partial charge in [0.2, 0.25) is 0 Å². The molecule has 0 spiro atoms. The number of carboxylic acids is 1. The van der Waals surface area contributed by atoms with Gasteiger partial charge in [0.25, 0.3) is 0 Å². The normalized spacial score (nSPS) is 10.6. The van der Waals surface area contributed by atoms with Gasteiger partial charge in [0, 0.05) is 26.7 Å². The molecule has 0 aliphatic rings. The molecule has 112 valence electrons. The molecule has 0 saturated heterocycles. The highest BCUT2D eigenvalue weighted by Crippen LogP contribution is 2.05. The fourth-order valence-electron chi connectivity index (χ4n) is 1.78. The molecule has 1 N–H and O–H groups in total. The molecule has 0 fully saturated rings. The van der Waals surface area contributed by atoms with Crippen LogP contribution >= 0.6 is 0 Å². The van der Waals surface area contributed by atoms with Crippen molar-refractivity contribution in [3.8, 4) is 0 Å². The molecule has 0 bridgehead atoms. The average molecular weight is 274 g/mol. The Labute approximate surface area is 115 Å². The zero-order valence-electron chi connectivity index (χ0n) is 12.4. The SMILES string of the molecule is CCCN(CC(=O)O)C(=O)N(CCOC)CC(C)C. The van der Waals surface area contributed by atoms with Gasteiger partial charge >= 0.3 is 12.0 Å². The van der Waals surface area contributed by atoms with E-state index in [1.807, 2.05) is 20.8 Å². The predicted octanol–water partition coefficient (Wildman–Crippen LogP) is 1.51. The Kier molecular flexibility index (Phi) is 8.95. The highest BCUT2D eigenvalue weighted by molar-refractivity contribution is 5.80. The first-order valence-electron chi connectivity index (χ1n) is 6.66. The molecule has 0 rings (SSSR count). The maximum atomic E-state index is 12.3. The summed E-state index contributed by atoms with van der Waals surface area (Å²) in [7, 11) is 1.58. The van der Waals surface area contributed by atoms with Gasteiger partial charge in [-0.25, -0.2) is 4.79 Å². The summed E-state index contributed by atoms with van der Waals surface area (Å²) in [6.07, 6.45) is 0.735. The average Bonchev–Trinajstić information content (AvgIpc) is 2.32. The molecule has 0 atom stereocenters. The van der Waals surface area contributed by atoms with Crippen LogP contribution in [0.15, 0.2) is 0 Å². The number of urea groups is 1. The summed E-state index contributed by atoms with van der Waals surface area (Å²) in [5.41, 5.74) is 0. The van der Waals surface area contributed by atoms with Gasteiger partial charge in [0.1, 0.15) is 6.54 Å². The second kappa shape index (κ2) is 9.61. The van der Waals surface area contributed by atoms with Crippen LogP contribution in [0.1, 0.15) is 27.2 Å². The van der Waals surface area contributed by atoms with Crippen LogP contribution in [0.2, 0.25) is 0 Å². The minimum Gasteiger partial charge on any atom is -0.480 e. The van der Waals surface area contributed by atoms with Crippen LogP contribution in [0.4, 0.5) is 4.79 Å². The van der Waals surface area contributed by atoms with Crippen molar-refractivity contribution in [1.29, 1.82) is 0 Å². The second-order valence-corrected chi connectivity index (χ2v) is 4.93. The van der Waals surface area contributed by atoms with Gasteiger partial charge in [0.05, 0.1) is 6.61 Å². The molecule has 0 aliphatic heterocycles. The molecule has 6 heteroatoms. The summed E-state index contributed by atoms with van der Waals surface area (Å²) in [5, 5.41) is 8.86. The zero-order valence-corrected chi connectivity index (χ0v) is 12.4. The Bertz CT molecular complexity index is 282. The molecule has 0 aromatic carbocycles. The van der Waals surface area contributed by atoms with Crippen molar-refractivity contribution in [3.63, 3.8) is 0 Å². The van der Waals surface area contributed by atoms with Gasteiger partial charge in [-0.2, -0.15) is 0 Å². The van der Waals surface area contributed by atoms with Crippen LogP contribution in [0.5, 0.6) is 0 Å². The third-order valence-corrected chi connectivity index (χ3v) is 2.51. The number of carbonyl (C=O) groups is 2. The number of carbonyl (C=O) groups excluding carboxylic acids is 1. The van der Waals surface area contributed by atoms with Gasteiger partial charge in [0.15, 0.2) is 0 Å². The summed E-state index contributed by atoms with van der Waals surface area (Å²) >= 11 is 0. The number of ether oxygens (including phenoxy) is 1. The second-order valence-electron chi connectivity index (χ2n) is 4.93. The van der Waals surface area contributed by atoms with Crippen molar-refractivity contribution >= 4 is 12.0 Å². The van der Waals surface area contributed by atoms with Crippen LogP contribution in [0.25, 0.3) is 0 Å². The standard InChI is InChI=1S/C13H26N2O4/c1-5-6-14(10-12(16)17)13(18)15(7-8-19-4)9-11(2)3/h11H,5-10H2,1-4H3,(H,16,17). The molecule has 19 heavy (non-hydrogen) atoms. The van der Waals surface area contributed by atoms with Crippen LogP contribution in [0, 0.1) is 5.92 Å². The molecule has 0 heterocycles. The number of methoxy groups -OCH3 is 1. The maximum Gasteiger partial charge on any atom is 0.323 e. The molecule has 0 aliphatic carbocycles. The Morgan fingerprint density at radius 3 is 2.26 bits per heavy atom. The molecule has 0 saturated carbocycles. The van der Waals surface area contributed by atoms with E-state index >= 15 is 0 Å². The molecule has 0 unspecified atom stereocenters. The quantitative estimate of drug-likeness (QED) is 0.692. The largest absolute Gasteiger partial charge is 0.480 e. The van der Waals surface area contributed by atoms with Gasteiger partial charge in [-0.1, -0.05) is 20.8 Å². The molecular formula is C13H26N2O4. The van der Waals surface area contributed by atoms with Crippen molar-refractivity contribution in [3.05, 3.63) is 0 Å². The highest BCUT2D eigenvalue weighted by atomic mass is 16.5. The number of nitrogens with zero attached hydrogens (tertiary/aromatic N) is 2. The minimum atomic E-state index is -0.988. The summed E-state index contributed by atoms with van der Waals surface area (Å²) in [6.45, 7) is 7.69. The lowest BCUT2D eigenvalue weighted by molar-refractivity contribution is -0.137. The topological polar surface area (TPSA) is 70.1 Å². The highest BCUT2D eigenvalue weighted by Gasteiger charge is 2.22. The first-order valence-corrected chi connectivity index (χ1v) is 6.66. The summed E-state index contributed by atoms with van der Waals surface area (Å²) in [5.74, 6) is -0.660. The Morgan fingerprint density at radius 2 is 1.84 bits per heavy atom. The molecule has 0 aromatic heterocycles. The Balaban J connectivity index is 4.72. The maximum absolute atomic E-state index is 12.3. The van der Waals surface area contributed by atoms with Crippen molar-refractivity contribution < 1.29 is 19.4 Å². The fourth-order valence-corrected chi connectivity index (χ4v) is 1.78. The molecular weight excluding hydrogens is 248 g/mol. The fraction of sp³-hybridized carbons (Fsp3) is 0.846. The summed E-state index contributed by atoms with van der Waals surface area (Å²) < 4.78 is 5.00. The van der Waals surface area contributed by atoms with Crippen LogP contribution in [-0.2, 0) is 9.53 Å². The molecule has 6 nitrogen and oxygen atoms in total. The van der Waals surface area contributed by atoms with E-state index in [0.717, 1.165) is 6.42 Å². The Morgan fingerprint density at radius 1 is 1.21 bits per heavy atom. The lowest BCUT2D eigenvalue weighted by Gasteiger charge is -2.30. The van der Waals surface area contributed by atoms with E-state index in [0.29, 0.717) is 32.2 Å². The third-order valence-electron chi connectivity index (χ3n) is 2.51. The van der Waals surface area contributed by atoms with Crippen LogP contribution < -0.4 is 0 Å². The van der Waals surface area contributed by atoms with Crippen LogP contribution in [-0.4, -0.2) is 66.8 Å². The molecule has 2 amide bonds. The number of rotatable bonds is 9. The molecule has 0 radical (unpaired) electrons. The van der Waals surface area contributed by atoms with E-state index in [2.05, 4.69) is 0 Å². The van der Waals surface area contributed by atoms with Crippen molar-refractivity contribution in [2.45, 2.75) is 27.2 Å². The summed E-state index contributed by atoms with van der Waals surface area (Å²) in [6, 6.07) is -0.227. The minimum absolute atomic E-state index is 0.227. The van der Waals surface area contributed by atoms with E-state index in [-0.39, 0.29) is 12.6 Å². The van der Waals surface area contributed by atoms with E-state index in [1.165, 1.54) is 4.90 Å². The van der Waals surface area contributed by atoms with Crippen molar-refractivity contribution in [1.82, 2.24) is 9.80 Å². The van der Waals surface area contributed by atoms with Gasteiger partial charge < -0.3 is 19.6 Å². The van der Waals surface area contributed by atoms with Crippen molar-refractivity contribution in [2.24, 2.45) is 5.92 Å². The van der Waals surface area contributed by atoms with E-state index in [4.69, 9.17) is 9.84 Å². The van der Waals surface area contributed by atoms with Crippen LogP contribution in [0.3, 0.4) is 0 Å². The third kappa shape index (κ3) is 7.66.